The fourth-order valence-electron chi connectivity index (χ4n) is 3.85. The van der Waals surface area contributed by atoms with Gasteiger partial charge in [0.05, 0.1) is 16.3 Å². The molecule has 1 aromatic carbocycles. The topological polar surface area (TPSA) is 57.7 Å². The van der Waals surface area contributed by atoms with Gasteiger partial charge in [-0.15, -0.1) is 11.3 Å². The molecular weight excluding hydrogens is 444 g/mol. The molecule has 1 atom stereocenters. The Balaban J connectivity index is 1.46. The molecule has 1 aliphatic rings. The van der Waals surface area contributed by atoms with Crippen LogP contribution in [-0.2, 0) is 6.54 Å². The number of halogens is 1. The van der Waals surface area contributed by atoms with Gasteiger partial charge in [-0.25, -0.2) is 0 Å². The van der Waals surface area contributed by atoms with Crippen molar-refractivity contribution in [2.75, 3.05) is 38.6 Å². The van der Waals surface area contributed by atoms with E-state index in [2.05, 4.69) is 27.8 Å². The lowest BCUT2D eigenvalue weighted by molar-refractivity contribution is 0.0754. The van der Waals surface area contributed by atoms with Gasteiger partial charge in [0.2, 0.25) is 0 Å². The van der Waals surface area contributed by atoms with E-state index in [1.165, 1.54) is 4.88 Å². The minimum atomic E-state index is -0.0514. The number of aromatic nitrogens is 1. The van der Waals surface area contributed by atoms with Gasteiger partial charge in [-0.2, -0.15) is 0 Å². The number of carbonyl (C=O) groups excluding carboxylic acids is 1. The summed E-state index contributed by atoms with van der Waals surface area (Å²) in [5, 5.41) is 5.77. The molecule has 0 saturated heterocycles. The summed E-state index contributed by atoms with van der Waals surface area (Å²) >= 11 is 8.03. The van der Waals surface area contributed by atoms with Gasteiger partial charge in [0.1, 0.15) is 11.9 Å². The summed E-state index contributed by atoms with van der Waals surface area (Å²) in [7, 11) is 3.90. The van der Waals surface area contributed by atoms with Gasteiger partial charge in [0.25, 0.3) is 5.91 Å². The van der Waals surface area contributed by atoms with Crippen molar-refractivity contribution in [3.63, 3.8) is 0 Å². The van der Waals surface area contributed by atoms with E-state index in [0.29, 0.717) is 30.2 Å². The Labute approximate surface area is 197 Å². The summed E-state index contributed by atoms with van der Waals surface area (Å²) < 4.78 is 6.28. The Hall–Kier alpha value is -2.61. The average Bonchev–Trinajstić information content (AvgIpc) is 3.30. The second kappa shape index (κ2) is 10.3. The first-order valence-electron chi connectivity index (χ1n) is 10.6. The van der Waals surface area contributed by atoms with Gasteiger partial charge in [-0.05, 0) is 42.7 Å². The van der Waals surface area contributed by atoms with E-state index in [-0.39, 0.29) is 12.0 Å². The summed E-state index contributed by atoms with van der Waals surface area (Å²) in [6, 6.07) is 12.2. The number of ether oxygens (including phenoxy) is 1. The smallest absolute Gasteiger partial charge is 0.257 e. The molecule has 6 nitrogen and oxygen atoms in total. The lowest BCUT2D eigenvalue weighted by Crippen LogP contribution is -2.33. The van der Waals surface area contributed by atoms with E-state index in [0.717, 1.165) is 30.0 Å². The summed E-state index contributed by atoms with van der Waals surface area (Å²) in [5.74, 6) is 0.774. The summed E-state index contributed by atoms with van der Waals surface area (Å²) in [6.07, 6.45) is 4.10. The number of anilines is 1. The minimum Gasteiger partial charge on any atom is -0.485 e. The Morgan fingerprint density at radius 1 is 1.22 bits per heavy atom. The molecule has 1 amide bonds. The highest BCUT2D eigenvalue weighted by molar-refractivity contribution is 7.10. The predicted octanol–water partition coefficient (Wildman–Crippen LogP) is 4.62. The van der Waals surface area contributed by atoms with Crippen LogP contribution in [0.3, 0.4) is 0 Å². The number of hydrogen-bond acceptors (Lipinski definition) is 6. The second-order valence-electron chi connectivity index (χ2n) is 7.82. The molecule has 1 aliphatic heterocycles. The number of amides is 1. The van der Waals surface area contributed by atoms with Gasteiger partial charge in [0, 0.05) is 50.4 Å². The Kier molecular flexibility index (Phi) is 7.29. The quantitative estimate of drug-likeness (QED) is 0.520. The maximum Gasteiger partial charge on any atom is 0.257 e. The van der Waals surface area contributed by atoms with Crippen LogP contribution >= 0.6 is 22.9 Å². The van der Waals surface area contributed by atoms with Crippen LogP contribution in [0.5, 0.6) is 5.75 Å². The lowest BCUT2D eigenvalue weighted by atomic mass is 10.1. The largest absolute Gasteiger partial charge is 0.485 e. The zero-order chi connectivity index (χ0) is 22.5. The monoisotopic (exact) mass is 470 g/mol. The zero-order valence-electron chi connectivity index (χ0n) is 18.3. The summed E-state index contributed by atoms with van der Waals surface area (Å²) in [6.45, 7) is 2.72. The maximum atomic E-state index is 13.2. The summed E-state index contributed by atoms with van der Waals surface area (Å²) in [4.78, 5) is 22.4. The molecular formula is C24H27ClN4O2S. The number of benzene rings is 1. The molecule has 0 fully saturated rings. The highest BCUT2D eigenvalue weighted by Crippen LogP contribution is 2.32. The van der Waals surface area contributed by atoms with Gasteiger partial charge in [-0.3, -0.25) is 9.78 Å². The fraction of sp³-hybridized carbons (Fsp3) is 0.333. The first-order valence-corrected chi connectivity index (χ1v) is 11.9. The zero-order valence-corrected chi connectivity index (χ0v) is 19.8. The number of thiophene rings is 1. The molecule has 0 bridgehead atoms. The third kappa shape index (κ3) is 5.06. The normalized spacial score (nSPS) is 14.8. The molecule has 1 unspecified atom stereocenters. The van der Waals surface area contributed by atoms with Gasteiger partial charge >= 0.3 is 0 Å². The molecule has 3 heterocycles. The van der Waals surface area contributed by atoms with Crippen molar-refractivity contribution in [2.45, 2.75) is 19.1 Å². The van der Waals surface area contributed by atoms with E-state index in [9.17, 15) is 4.79 Å². The van der Waals surface area contributed by atoms with E-state index < -0.39 is 0 Å². The fourth-order valence-corrected chi connectivity index (χ4v) is 4.94. The number of rotatable bonds is 8. The van der Waals surface area contributed by atoms with Gasteiger partial charge < -0.3 is 19.9 Å². The predicted molar refractivity (Wildman–Crippen MR) is 130 cm³/mol. The summed E-state index contributed by atoms with van der Waals surface area (Å²) in [5.41, 5.74) is 2.34. The Morgan fingerprint density at radius 3 is 2.75 bits per heavy atom. The van der Waals surface area contributed by atoms with Crippen molar-refractivity contribution < 1.29 is 9.53 Å². The van der Waals surface area contributed by atoms with Crippen LogP contribution in [0.4, 0.5) is 5.69 Å². The maximum absolute atomic E-state index is 13.2. The van der Waals surface area contributed by atoms with Crippen molar-refractivity contribution >= 4 is 34.5 Å². The molecule has 0 spiro atoms. The van der Waals surface area contributed by atoms with Crippen molar-refractivity contribution in [3.8, 4) is 5.75 Å². The van der Waals surface area contributed by atoms with Gasteiger partial charge in [0.15, 0.2) is 0 Å². The molecule has 0 radical (unpaired) electrons. The number of likely N-dealkylation sites (N-methyl/N-ethyl adjacent to an activating group) is 1. The third-order valence-electron chi connectivity index (χ3n) is 5.57. The van der Waals surface area contributed by atoms with Crippen LogP contribution < -0.4 is 15.0 Å². The molecule has 2 aromatic heterocycles. The van der Waals surface area contributed by atoms with Crippen LogP contribution in [0.25, 0.3) is 0 Å². The SMILES string of the molecule is CNCCC(Oc1ccc(CN2CCN(C)c3c(Cl)cncc3C2=O)cc1)c1cccs1. The van der Waals surface area contributed by atoms with Crippen molar-refractivity contribution in [1.29, 1.82) is 0 Å². The lowest BCUT2D eigenvalue weighted by Gasteiger charge is -2.22. The molecule has 3 aromatic rings. The van der Waals surface area contributed by atoms with Crippen molar-refractivity contribution in [2.24, 2.45) is 0 Å². The molecule has 32 heavy (non-hydrogen) atoms. The average molecular weight is 471 g/mol. The highest BCUT2D eigenvalue weighted by Gasteiger charge is 2.27. The van der Waals surface area contributed by atoms with E-state index in [4.69, 9.17) is 16.3 Å². The number of nitrogens with one attached hydrogen (secondary N) is 1. The van der Waals surface area contributed by atoms with Gasteiger partial charge in [-0.1, -0.05) is 29.8 Å². The molecule has 168 valence electrons. The van der Waals surface area contributed by atoms with Crippen LogP contribution in [0.2, 0.25) is 5.02 Å². The van der Waals surface area contributed by atoms with Crippen LogP contribution in [-0.4, -0.2) is 49.5 Å². The first kappa shape index (κ1) is 22.6. The molecule has 4 rings (SSSR count). The minimum absolute atomic E-state index is 0.0183. The Morgan fingerprint density at radius 2 is 2.03 bits per heavy atom. The number of fused-ring (bicyclic) bond motifs is 1. The number of nitrogens with zero attached hydrogens (tertiary/aromatic N) is 3. The standard InChI is InChI=1S/C24H27ClN4O2S/c1-26-10-9-21(22-4-3-13-32-22)31-18-7-5-17(6-8-18)16-29-12-11-28(2)23-19(24(29)30)14-27-15-20(23)25/h3-8,13-15,21,26H,9-12,16H2,1-2H3. The molecule has 0 aliphatic carbocycles. The number of carbonyl (C=O) groups is 1. The van der Waals surface area contributed by atoms with E-state index in [1.54, 1.807) is 23.7 Å². The third-order valence-corrected chi connectivity index (χ3v) is 6.81. The molecule has 1 N–H and O–H groups in total. The van der Waals surface area contributed by atoms with Crippen molar-refractivity contribution in [3.05, 3.63) is 75.2 Å². The Bertz CT molecular complexity index is 1040. The number of pyridine rings is 1. The van der Waals surface area contributed by atoms with E-state index >= 15 is 0 Å². The van der Waals surface area contributed by atoms with Crippen molar-refractivity contribution in [1.82, 2.24) is 15.2 Å². The van der Waals surface area contributed by atoms with E-state index in [1.807, 2.05) is 48.2 Å². The van der Waals surface area contributed by atoms with Crippen LogP contribution in [0.1, 0.15) is 33.3 Å². The molecule has 8 heteroatoms. The van der Waals surface area contributed by atoms with Crippen LogP contribution in [0.15, 0.2) is 54.2 Å². The highest BCUT2D eigenvalue weighted by atomic mass is 35.5. The molecule has 0 saturated carbocycles. The first-order chi connectivity index (χ1) is 15.6. The van der Waals surface area contributed by atoms with Crippen LogP contribution in [0, 0.1) is 0 Å². The number of hydrogen-bond donors (Lipinski definition) is 1. The second-order valence-corrected chi connectivity index (χ2v) is 9.21.